The molecule has 0 aliphatic carbocycles. The fourth-order valence-electron chi connectivity index (χ4n) is 0.573. The van der Waals surface area contributed by atoms with Crippen molar-refractivity contribution in [2.24, 2.45) is 0 Å². The summed E-state index contributed by atoms with van der Waals surface area (Å²) in [4.78, 5) is 22.7. The zero-order chi connectivity index (χ0) is 9.56. The van der Waals surface area contributed by atoms with Crippen molar-refractivity contribution in [3.05, 3.63) is 0 Å². The molecular formula is C8H11NO3. The van der Waals surface area contributed by atoms with E-state index in [2.05, 4.69) is 4.74 Å². The van der Waals surface area contributed by atoms with E-state index >= 15 is 0 Å². The highest BCUT2D eigenvalue weighted by atomic mass is 16.5. The molecule has 0 heterocycles. The normalized spacial score (nSPS) is 8.42. The van der Waals surface area contributed by atoms with Crippen LogP contribution in [0.5, 0.6) is 0 Å². The lowest BCUT2D eigenvalue weighted by Crippen LogP contribution is -2.27. The average Bonchev–Trinajstić information content (AvgIpc) is 2.11. The van der Waals surface area contributed by atoms with E-state index in [0.29, 0.717) is 0 Å². The molecule has 0 fully saturated rings. The number of terminal acetylenes is 1. The minimum atomic E-state index is -0.432. The van der Waals surface area contributed by atoms with Gasteiger partial charge in [-0.05, 0) is 5.92 Å². The third kappa shape index (κ3) is 3.62. The molecule has 0 aliphatic rings. The molecule has 0 unspecified atom stereocenters. The van der Waals surface area contributed by atoms with Gasteiger partial charge in [0.15, 0.2) is 0 Å². The minimum Gasteiger partial charge on any atom is -0.469 e. The van der Waals surface area contributed by atoms with Crippen LogP contribution in [-0.4, -0.2) is 37.5 Å². The van der Waals surface area contributed by atoms with Crippen molar-refractivity contribution in [2.45, 2.75) is 6.42 Å². The van der Waals surface area contributed by atoms with E-state index in [0.717, 1.165) is 0 Å². The second kappa shape index (κ2) is 5.19. The highest BCUT2D eigenvalue weighted by molar-refractivity contribution is 5.92. The average molecular weight is 169 g/mol. The number of carbonyl (C=O) groups excluding carboxylic acids is 2. The van der Waals surface area contributed by atoms with Crippen LogP contribution in [0.25, 0.3) is 0 Å². The molecule has 12 heavy (non-hydrogen) atoms. The molecule has 0 aromatic rings. The molecule has 0 aromatic carbocycles. The summed E-state index contributed by atoms with van der Waals surface area (Å²) in [5, 5.41) is 0. The van der Waals surface area contributed by atoms with Gasteiger partial charge in [-0.15, -0.1) is 6.42 Å². The topological polar surface area (TPSA) is 46.6 Å². The number of carbonyl (C=O) groups is 2. The Labute approximate surface area is 71.5 Å². The minimum absolute atomic E-state index is 0.167. The second-order valence-electron chi connectivity index (χ2n) is 2.20. The monoisotopic (exact) mass is 169 g/mol. The van der Waals surface area contributed by atoms with Gasteiger partial charge < -0.3 is 9.64 Å². The Balaban J connectivity index is 3.73. The van der Waals surface area contributed by atoms with E-state index in [4.69, 9.17) is 6.42 Å². The summed E-state index contributed by atoms with van der Waals surface area (Å²) < 4.78 is 4.39. The summed E-state index contributed by atoms with van der Waals surface area (Å²) in [6, 6.07) is 0. The third-order valence-electron chi connectivity index (χ3n) is 1.35. The fraction of sp³-hybridized carbons (Fsp3) is 0.500. The first-order chi connectivity index (χ1) is 5.61. The molecule has 0 N–H and O–H groups in total. The van der Waals surface area contributed by atoms with Crippen LogP contribution in [0.4, 0.5) is 0 Å². The molecule has 0 saturated heterocycles. The first-order valence-corrected chi connectivity index (χ1v) is 3.40. The smallest absolute Gasteiger partial charge is 0.307 e. The fourth-order valence-corrected chi connectivity index (χ4v) is 0.573. The maximum absolute atomic E-state index is 10.8. The summed E-state index contributed by atoms with van der Waals surface area (Å²) in [5.74, 6) is 1.15. The van der Waals surface area contributed by atoms with Gasteiger partial charge >= 0.3 is 5.97 Å². The largest absolute Gasteiger partial charge is 0.469 e. The predicted molar refractivity (Wildman–Crippen MR) is 43.1 cm³/mol. The number of methoxy groups -OCH3 is 1. The van der Waals surface area contributed by atoms with E-state index in [1.54, 1.807) is 0 Å². The lowest BCUT2D eigenvalue weighted by atomic mass is 10.4. The van der Waals surface area contributed by atoms with Crippen LogP contribution in [0.15, 0.2) is 0 Å². The lowest BCUT2D eigenvalue weighted by Gasteiger charge is -2.11. The number of amides is 1. The maximum Gasteiger partial charge on any atom is 0.307 e. The van der Waals surface area contributed by atoms with Gasteiger partial charge in [-0.1, -0.05) is 0 Å². The molecule has 0 saturated carbocycles. The van der Waals surface area contributed by atoms with Crippen molar-refractivity contribution in [3.8, 4) is 12.3 Å². The summed E-state index contributed by atoms with van der Waals surface area (Å²) in [6.45, 7) is 0.287. The first-order valence-electron chi connectivity index (χ1n) is 3.40. The van der Waals surface area contributed by atoms with E-state index in [1.165, 1.54) is 19.1 Å². The number of hydrogen-bond acceptors (Lipinski definition) is 3. The molecule has 0 atom stereocenters. The summed E-state index contributed by atoms with van der Waals surface area (Å²) in [7, 11) is 2.83. The van der Waals surface area contributed by atoms with Crippen molar-refractivity contribution in [1.29, 1.82) is 0 Å². The third-order valence-corrected chi connectivity index (χ3v) is 1.35. The SMILES string of the molecule is C#CC(=O)N(C)CCC(=O)OC. The second-order valence-corrected chi connectivity index (χ2v) is 2.20. The molecule has 4 heteroatoms. The molecule has 4 nitrogen and oxygen atoms in total. The molecule has 66 valence electrons. The van der Waals surface area contributed by atoms with E-state index in [-0.39, 0.29) is 18.9 Å². The standard InChI is InChI=1S/C8H11NO3/c1-4-7(10)9(2)6-5-8(11)12-3/h1H,5-6H2,2-3H3. The number of ether oxygens (including phenoxy) is 1. The maximum atomic E-state index is 10.8. The molecule has 0 spiro atoms. The van der Waals surface area contributed by atoms with Crippen molar-refractivity contribution >= 4 is 11.9 Å². The number of hydrogen-bond donors (Lipinski definition) is 0. The van der Waals surface area contributed by atoms with Gasteiger partial charge in [-0.25, -0.2) is 0 Å². The predicted octanol–water partition coefficient (Wildman–Crippen LogP) is -0.359. The van der Waals surface area contributed by atoms with Crippen molar-refractivity contribution in [2.75, 3.05) is 20.7 Å². The summed E-state index contributed by atoms with van der Waals surface area (Å²) in [6.07, 6.45) is 5.02. The Bertz CT molecular complexity index is 217. The van der Waals surface area contributed by atoms with Crippen LogP contribution in [0.2, 0.25) is 0 Å². The number of nitrogens with zero attached hydrogens (tertiary/aromatic N) is 1. The van der Waals surface area contributed by atoms with E-state index < -0.39 is 5.91 Å². The van der Waals surface area contributed by atoms with Crippen LogP contribution in [0.1, 0.15) is 6.42 Å². The van der Waals surface area contributed by atoms with Crippen LogP contribution in [0.3, 0.4) is 0 Å². The van der Waals surface area contributed by atoms with Crippen LogP contribution in [0, 0.1) is 12.3 Å². The number of esters is 1. The molecule has 0 radical (unpaired) electrons. The number of rotatable bonds is 3. The lowest BCUT2D eigenvalue weighted by molar-refractivity contribution is -0.141. The van der Waals surface area contributed by atoms with Crippen molar-refractivity contribution in [1.82, 2.24) is 4.90 Å². The van der Waals surface area contributed by atoms with Gasteiger partial charge in [-0.2, -0.15) is 0 Å². The Kier molecular flexibility index (Phi) is 4.54. The van der Waals surface area contributed by atoms with Gasteiger partial charge in [0.05, 0.1) is 13.5 Å². The Morgan fingerprint density at radius 2 is 2.17 bits per heavy atom. The van der Waals surface area contributed by atoms with Gasteiger partial charge in [0.25, 0.3) is 5.91 Å². The summed E-state index contributed by atoms with van der Waals surface area (Å²) in [5.41, 5.74) is 0. The molecular weight excluding hydrogens is 158 g/mol. The highest BCUT2D eigenvalue weighted by Crippen LogP contribution is 1.89. The van der Waals surface area contributed by atoms with E-state index in [1.807, 2.05) is 5.92 Å². The van der Waals surface area contributed by atoms with Crippen molar-refractivity contribution in [3.63, 3.8) is 0 Å². The zero-order valence-corrected chi connectivity index (χ0v) is 7.16. The molecule has 1 amide bonds. The van der Waals surface area contributed by atoms with Gasteiger partial charge in [-0.3, -0.25) is 9.59 Å². The molecule has 0 aromatic heterocycles. The Hall–Kier alpha value is -1.50. The van der Waals surface area contributed by atoms with Crippen LogP contribution >= 0.6 is 0 Å². The molecule has 0 aliphatic heterocycles. The zero-order valence-electron chi connectivity index (χ0n) is 7.16. The van der Waals surface area contributed by atoms with Crippen LogP contribution in [-0.2, 0) is 14.3 Å². The van der Waals surface area contributed by atoms with Gasteiger partial charge in [0, 0.05) is 13.6 Å². The quantitative estimate of drug-likeness (QED) is 0.428. The van der Waals surface area contributed by atoms with E-state index in [9.17, 15) is 9.59 Å². The highest BCUT2D eigenvalue weighted by Gasteiger charge is 2.07. The van der Waals surface area contributed by atoms with Gasteiger partial charge in [0.2, 0.25) is 0 Å². The molecule has 0 rings (SSSR count). The first kappa shape index (κ1) is 10.5. The summed E-state index contributed by atoms with van der Waals surface area (Å²) >= 11 is 0. The van der Waals surface area contributed by atoms with Gasteiger partial charge in [0.1, 0.15) is 0 Å². The van der Waals surface area contributed by atoms with Crippen LogP contribution < -0.4 is 0 Å². The van der Waals surface area contributed by atoms with Crippen molar-refractivity contribution < 1.29 is 14.3 Å². The Morgan fingerprint density at radius 3 is 2.58 bits per heavy atom. The molecule has 0 bridgehead atoms. The Morgan fingerprint density at radius 1 is 1.58 bits per heavy atom.